The van der Waals surface area contributed by atoms with Crippen molar-refractivity contribution in [2.45, 2.75) is 19.6 Å². The number of hydrogen-bond acceptors (Lipinski definition) is 4. The van der Waals surface area contributed by atoms with Gasteiger partial charge in [-0.25, -0.2) is 0 Å². The minimum atomic E-state index is -0.804. The summed E-state index contributed by atoms with van der Waals surface area (Å²) in [6.07, 6.45) is -0.804. The molecule has 2 aromatic rings. The predicted molar refractivity (Wildman–Crippen MR) is 74.1 cm³/mol. The Hall–Kier alpha value is -1.69. The van der Waals surface area contributed by atoms with Gasteiger partial charge >= 0.3 is 0 Å². The molecular formula is C14H18N2O3. The second-order valence-corrected chi connectivity index (χ2v) is 4.68. The van der Waals surface area contributed by atoms with Crippen molar-refractivity contribution in [3.8, 4) is 0 Å². The number of aliphatic hydroxyl groups excluding tert-OH is 2. The third-order valence-electron chi connectivity index (χ3n) is 2.98. The largest absolute Gasteiger partial charge is 0.394 e. The molecule has 19 heavy (non-hydrogen) atoms. The number of aromatic amines is 1. The molecule has 0 fully saturated rings. The van der Waals surface area contributed by atoms with Crippen LogP contribution in [0.15, 0.2) is 29.1 Å². The van der Waals surface area contributed by atoms with Crippen LogP contribution in [0.4, 0.5) is 0 Å². The Bertz CT molecular complexity index is 622. The van der Waals surface area contributed by atoms with Crippen molar-refractivity contribution in [1.82, 2.24) is 10.3 Å². The van der Waals surface area contributed by atoms with E-state index < -0.39 is 6.10 Å². The summed E-state index contributed by atoms with van der Waals surface area (Å²) in [6.45, 7) is 2.29. The lowest BCUT2D eigenvalue weighted by atomic mass is 10.1. The molecule has 0 unspecified atom stereocenters. The van der Waals surface area contributed by atoms with E-state index in [1.54, 1.807) is 0 Å². The Morgan fingerprint density at radius 3 is 2.89 bits per heavy atom. The van der Waals surface area contributed by atoms with E-state index in [4.69, 9.17) is 5.11 Å². The number of aryl methyl sites for hydroxylation is 1. The summed E-state index contributed by atoms with van der Waals surface area (Å²) in [7, 11) is 0. The number of rotatable bonds is 5. The fourth-order valence-electron chi connectivity index (χ4n) is 1.93. The maximum atomic E-state index is 11.9. The van der Waals surface area contributed by atoms with Gasteiger partial charge in [-0.05, 0) is 30.0 Å². The maximum Gasteiger partial charge on any atom is 0.252 e. The zero-order valence-electron chi connectivity index (χ0n) is 10.8. The molecule has 1 aromatic carbocycles. The van der Waals surface area contributed by atoms with E-state index in [1.807, 2.05) is 31.2 Å². The van der Waals surface area contributed by atoms with Crippen LogP contribution in [0.25, 0.3) is 10.9 Å². The first kappa shape index (κ1) is 13.7. The minimum absolute atomic E-state index is 0.135. The first-order chi connectivity index (χ1) is 9.10. The fraction of sp³-hybridized carbons (Fsp3) is 0.357. The van der Waals surface area contributed by atoms with Crippen LogP contribution in [0.5, 0.6) is 0 Å². The van der Waals surface area contributed by atoms with Gasteiger partial charge in [0.15, 0.2) is 0 Å². The molecule has 0 saturated heterocycles. The topological polar surface area (TPSA) is 85.3 Å². The van der Waals surface area contributed by atoms with Crippen LogP contribution in [-0.2, 0) is 6.54 Å². The van der Waals surface area contributed by atoms with E-state index in [-0.39, 0.29) is 18.7 Å². The van der Waals surface area contributed by atoms with Crippen LogP contribution in [0.1, 0.15) is 11.1 Å². The molecular weight excluding hydrogens is 244 g/mol. The third kappa shape index (κ3) is 3.41. The van der Waals surface area contributed by atoms with Gasteiger partial charge in [-0.2, -0.15) is 0 Å². The van der Waals surface area contributed by atoms with Crippen LogP contribution in [0.2, 0.25) is 0 Å². The number of hydrogen-bond donors (Lipinski definition) is 4. The van der Waals surface area contributed by atoms with Gasteiger partial charge in [0.05, 0.1) is 12.7 Å². The van der Waals surface area contributed by atoms with Crippen LogP contribution in [0, 0.1) is 6.92 Å². The lowest BCUT2D eigenvalue weighted by Crippen LogP contribution is -2.30. The first-order valence-electron chi connectivity index (χ1n) is 6.22. The van der Waals surface area contributed by atoms with Crippen LogP contribution >= 0.6 is 0 Å². The molecule has 0 aliphatic rings. The molecule has 102 valence electrons. The quantitative estimate of drug-likeness (QED) is 0.623. The van der Waals surface area contributed by atoms with Crippen molar-refractivity contribution < 1.29 is 10.2 Å². The number of aromatic nitrogens is 1. The zero-order valence-corrected chi connectivity index (χ0v) is 10.8. The number of benzene rings is 1. The Labute approximate surface area is 110 Å². The molecule has 5 nitrogen and oxygen atoms in total. The number of H-pyrrole nitrogens is 1. The SMILES string of the molecule is Cc1ccc2cc(CNC[C@@H](O)CO)c(=O)[nH]c2c1. The molecule has 1 heterocycles. The molecule has 1 atom stereocenters. The summed E-state index contributed by atoms with van der Waals surface area (Å²) in [5.41, 5.74) is 2.40. The van der Waals surface area contributed by atoms with Crippen LogP contribution < -0.4 is 10.9 Å². The number of pyridine rings is 1. The van der Waals surface area contributed by atoms with Crippen molar-refractivity contribution in [2.24, 2.45) is 0 Å². The highest BCUT2D eigenvalue weighted by Gasteiger charge is 2.05. The van der Waals surface area contributed by atoms with E-state index in [2.05, 4.69) is 10.3 Å². The second kappa shape index (κ2) is 5.97. The molecule has 4 N–H and O–H groups in total. The smallest absolute Gasteiger partial charge is 0.252 e. The van der Waals surface area contributed by atoms with Crippen molar-refractivity contribution in [2.75, 3.05) is 13.2 Å². The van der Waals surface area contributed by atoms with Crippen molar-refractivity contribution >= 4 is 10.9 Å². The van der Waals surface area contributed by atoms with Crippen molar-refractivity contribution in [3.05, 3.63) is 45.7 Å². The van der Waals surface area contributed by atoms with Gasteiger partial charge in [-0.3, -0.25) is 4.79 Å². The Morgan fingerprint density at radius 2 is 2.16 bits per heavy atom. The molecule has 0 amide bonds. The van der Waals surface area contributed by atoms with Gasteiger partial charge in [0.1, 0.15) is 0 Å². The standard InChI is InChI=1S/C14H18N2O3/c1-9-2-3-10-5-11(6-15-7-12(18)8-17)14(19)16-13(10)4-9/h2-5,12,15,17-18H,6-8H2,1H3,(H,16,19)/t12-/m1/s1. The molecule has 2 rings (SSSR count). The van der Waals surface area contributed by atoms with Crippen LogP contribution in [-0.4, -0.2) is 34.5 Å². The van der Waals surface area contributed by atoms with Gasteiger partial charge in [-0.15, -0.1) is 0 Å². The normalized spacial score (nSPS) is 12.8. The molecule has 0 aliphatic heterocycles. The third-order valence-corrected chi connectivity index (χ3v) is 2.98. The molecule has 0 spiro atoms. The van der Waals surface area contributed by atoms with E-state index in [0.29, 0.717) is 12.1 Å². The Kier molecular flexibility index (Phi) is 4.31. The second-order valence-electron chi connectivity index (χ2n) is 4.68. The Morgan fingerprint density at radius 1 is 1.37 bits per heavy atom. The number of nitrogens with one attached hydrogen (secondary N) is 2. The molecule has 0 saturated carbocycles. The summed E-state index contributed by atoms with van der Waals surface area (Å²) < 4.78 is 0. The molecule has 0 bridgehead atoms. The van der Waals surface area contributed by atoms with Crippen LogP contribution in [0.3, 0.4) is 0 Å². The first-order valence-corrected chi connectivity index (χ1v) is 6.22. The fourth-order valence-corrected chi connectivity index (χ4v) is 1.93. The van der Waals surface area contributed by atoms with Crippen molar-refractivity contribution in [1.29, 1.82) is 0 Å². The lowest BCUT2D eigenvalue weighted by Gasteiger charge is -2.09. The summed E-state index contributed by atoms with van der Waals surface area (Å²) in [4.78, 5) is 14.7. The average molecular weight is 262 g/mol. The minimum Gasteiger partial charge on any atom is -0.394 e. The highest BCUT2D eigenvalue weighted by atomic mass is 16.3. The molecule has 5 heteroatoms. The Balaban J connectivity index is 2.17. The highest BCUT2D eigenvalue weighted by molar-refractivity contribution is 5.79. The lowest BCUT2D eigenvalue weighted by molar-refractivity contribution is 0.0942. The monoisotopic (exact) mass is 262 g/mol. The molecule has 0 radical (unpaired) electrons. The zero-order chi connectivity index (χ0) is 13.8. The summed E-state index contributed by atoms with van der Waals surface area (Å²) in [5, 5.41) is 21.8. The maximum absolute atomic E-state index is 11.9. The summed E-state index contributed by atoms with van der Waals surface area (Å²) in [6, 6.07) is 7.73. The van der Waals surface area contributed by atoms with E-state index >= 15 is 0 Å². The molecule has 0 aliphatic carbocycles. The highest BCUT2D eigenvalue weighted by Crippen LogP contribution is 2.12. The van der Waals surface area contributed by atoms with Crippen molar-refractivity contribution in [3.63, 3.8) is 0 Å². The predicted octanol–water partition coefficient (Wildman–Crippen LogP) is 0.279. The summed E-state index contributed by atoms with van der Waals surface area (Å²) >= 11 is 0. The van der Waals surface area contributed by atoms with Gasteiger partial charge < -0.3 is 20.5 Å². The van der Waals surface area contributed by atoms with E-state index in [0.717, 1.165) is 16.5 Å². The van der Waals surface area contributed by atoms with E-state index in [9.17, 15) is 9.90 Å². The van der Waals surface area contributed by atoms with Gasteiger partial charge in [-0.1, -0.05) is 12.1 Å². The van der Waals surface area contributed by atoms with Gasteiger partial charge in [0.25, 0.3) is 5.56 Å². The van der Waals surface area contributed by atoms with Gasteiger partial charge in [0, 0.05) is 24.2 Å². The number of fused-ring (bicyclic) bond motifs is 1. The average Bonchev–Trinajstić information content (AvgIpc) is 2.39. The van der Waals surface area contributed by atoms with E-state index in [1.165, 1.54) is 0 Å². The number of aliphatic hydroxyl groups is 2. The van der Waals surface area contributed by atoms with Gasteiger partial charge in [0.2, 0.25) is 0 Å². The summed E-state index contributed by atoms with van der Waals surface area (Å²) in [5.74, 6) is 0. The molecule has 1 aromatic heterocycles.